The van der Waals surface area contributed by atoms with Crippen molar-refractivity contribution in [2.24, 2.45) is 5.10 Å². The van der Waals surface area contributed by atoms with Crippen LogP contribution in [-0.4, -0.2) is 25.4 Å². The van der Waals surface area contributed by atoms with Gasteiger partial charge in [0.15, 0.2) is 0 Å². The lowest BCUT2D eigenvalue weighted by Gasteiger charge is -2.10. The Hall–Kier alpha value is -3.54. The zero-order valence-corrected chi connectivity index (χ0v) is 14.5. The average Bonchev–Trinajstić information content (AvgIpc) is 2.69. The Kier molecular flexibility index (Phi) is 5.67. The van der Waals surface area contributed by atoms with Crippen LogP contribution in [0, 0.1) is 0 Å². The second-order valence-corrected chi connectivity index (χ2v) is 5.26. The fraction of sp³-hybridized carbons (Fsp3) is 0.100. The number of benzene rings is 2. The first-order chi connectivity index (χ1) is 12.8. The van der Waals surface area contributed by atoms with E-state index in [0.717, 1.165) is 11.3 Å². The number of para-hydroxylation sites is 2. The van der Waals surface area contributed by atoms with Crippen molar-refractivity contribution in [3.63, 3.8) is 0 Å². The SMILES string of the molecule is COc1cc(OC)nc(Oc2ccccc2/C=N/Nc2ccccc2)c1. The monoisotopic (exact) mass is 349 g/mol. The highest BCUT2D eigenvalue weighted by Crippen LogP contribution is 2.28. The van der Waals surface area contributed by atoms with Gasteiger partial charge in [0.1, 0.15) is 11.5 Å². The van der Waals surface area contributed by atoms with Crippen LogP contribution in [0.4, 0.5) is 5.69 Å². The van der Waals surface area contributed by atoms with E-state index in [1.807, 2.05) is 54.6 Å². The third-order valence-corrected chi connectivity index (χ3v) is 3.50. The summed E-state index contributed by atoms with van der Waals surface area (Å²) in [5.41, 5.74) is 4.69. The molecular weight excluding hydrogens is 330 g/mol. The van der Waals surface area contributed by atoms with Crippen LogP contribution in [0.3, 0.4) is 0 Å². The van der Waals surface area contributed by atoms with Crippen molar-refractivity contribution in [2.45, 2.75) is 0 Å². The summed E-state index contributed by atoms with van der Waals surface area (Å²) in [6.07, 6.45) is 1.69. The van der Waals surface area contributed by atoms with Crippen molar-refractivity contribution >= 4 is 11.9 Å². The third-order valence-electron chi connectivity index (χ3n) is 3.50. The van der Waals surface area contributed by atoms with Crippen LogP contribution in [0.1, 0.15) is 5.56 Å². The van der Waals surface area contributed by atoms with Gasteiger partial charge in [-0.15, -0.1) is 0 Å². The van der Waals surface area contributed by atoms with Crippen molar-refractivity contribution in [1.82, 2.24) is 4.98 Å². The Morgan fingerprint density at radius 3 is 2.38 bits per heavy atom. The van der Waals surface area contributed by atoms with E-state index in [0.29, 0.717) is 23.3 Å². The molecule has 2 aromatic carbocycles. The number of aromatic nitrogens is 1. The lowest BCUT2D eigenvalue weighted by atomic mass is 10.2. The summed E-state index contributed by atoms with van der Waals surface area (Å²) in [5.74, 6) is 2.01. The predicted octanol–water partition coefficient (Wildman–Crippen LogP) is 4.34. The molecule has 132 valence electrons. The number of hydrogen-bond acceptors (Lipinski definition) is 6. The third kappa shape index (κ3) is 4.51. The molecule has 1 aromatic heterocycles. The van der Waals surface area contributed by atoms with E-state index in [1.165, 1.54) is 0 Å². The minimum Gasteiger partial charge on any atom is -0.496 e. The molecule has 1 N–H and O–H groups in total. The number of ether oxygens (including phenoxy) is 3. The van der Waals surface area contributed by atoms with Gasteiger partial charge in [-0.3, -0.25) is 5.43 Å². The summed E-state index contributed by atoms with van der Waals surface area (Å²) in [6, 6.07) is 20.6. The number of anilines is 1. The van der Waals surface area contributed by atoms with E-state index in [1.54, 1.807) is 32.6 Å². The molecule has 0 aliphatic rings. The van der Waals surface area contributed by atoms with Gasteiger partial charge >= 0.3 is 0 Å². The quantitative estimate of drug-likeness (QED) is 0.508. The fourth-order valence-corrected chi connectivity index (χ4v) is 2.21. The Morgan fingerprint density at radius 1 is 0.885 bits per heavy atom. The minimum absolute atomic E-state index is 0.373. The first-order valence-corrected chi connectivity index (χ1v) is 7.99. The van der Waals surface area contributed by atoms with Gasteiger partial charge in [0.25, 0.3) is 0 Å². The molecule has 0 aliphatic heterocycles. The summed E-state index contributed by atoms with van der Waals surface area (Å²) in [6.45, 7) is 0. The van der Waals surface area contributed by atoms with Gasteiger partial charge in [-0.1, -0.05) is 30.3 Å². The van der Waals surface area contributed by atoms with E-state index >= 15 is 0 Å². The maximum absolute atomic E-state index is 5.91. The van der Waals surface area contributed by atoms with Gasteiger partial charge in [-0.05, 0) is 24.3 Å². The molecule has 3 rings (SSSR count). The smallest absolute Gasteiger partial charge is 0.226 e. The predicted molar refractivity (Wildman–Crippen MR) is 102 cm³/mol. The van der Waals surface area contributed by atoms with Crippen LogP contribution < -0.4 is 19.6 Å². The number of nitrogens with zero attached hydrogens (tertiary/aromatic N) is 2. The van der Waals surface area contributed by atoms with E-state index in [-0.39, 0.29) is 0 Å². The lowest BCUT2D eigenvalue weighted by Crippen LogP contribution is -1.97. The van der Waals surface area contributed by atoms with Crippen LogP contribution in [0.2, 0.25) is 0 Å². The molecule has 1 heterocycles. The Bertz CT molecular complexity index is 860. The Labute approximate surface area is 152 Å². The van der Waals surface area contributed by atoms with E-state index in [9.17, 15) is 0 Å². The Balaban J connectivity index is 1.79. The van der Waals surface area contributed by atoms with E-state index in [4.69, 9.17) is 14.2 Å². The molecule has 0 spiro atoms. The first kappa shape index (κ1) is 17.3. The summed E-state index contributed by atoms with van der Waals surface area (Å²) in [4.78, 5) is 4.28. The zero-order chi connectivity index (χ0) is 18.2. The van der Waals surface area contributed by atoms with Gasteiger partial charge < -0.3 is 14.2 Å². The molecule has 0 aliphatic carbocycles. The molecule has 6 nitrogen and oxygen atoms in total. The molecule has 0 radical (unpaired) electrons. The average molecular weight is 349 g/mol. The van der Waals surface area contributed by atoms with Crippen LogP contribution >= 0.6 is 0 Å². The second kappa shape index (κ2) is 8.53. The zero-order valence-electron chi connectivity index (χ0n) is 14.5. The number of hydrogen-bond donors (Lipinski definition) is 1. The molecule has 0 saturated heterocycles. The maximum Gasteiger partial charge on any atom is 0.226 e. The topological polar surface area (TPSA) is 65.0 Å². The lowest BCUT2D eigenvalue weighted by molar-refractivity contribution is 0.367. The molecule has 0 amide bonds. The normalized spacial score (nSPS) is 10.5. The van der Waals surface area contributed by atoms with Crippen LogP contribution in [0.15, 0.2) is 71.8 Å². The highest BCUT2D eigenvalue weighted by molar-refractivity contribution is 5.84. The maximum atomic E-state index is 5.91. The van der Waals surface area contributed by atoms with Gasteiger partial charge in [0, 0.05) is 17.7 Å². The number of nitrogens with one attached hydrogen (secondary N) is 1. The fourth-order valence-electron chi connectivity index (χ4n) is 2.21. The van der Waals surface area contributed by atoms with Crippen molar-refractivity contribution in [1.29, 1.82) is 0 Å². The minimum atomic E-state index is 0.373. The van der Waals surface area contributed by atoms with Gasteiger partial charge in [-0.2, -0.15) is 10.1 Å². The largest absolute Gasteiger partial charge is 0.496 e. The molecule has 0 unspecified atom stereocenters. The summed E-state index contributed by atoms with van der Waals surface area (Å²) < 4.78 is 16.3. The van der Waals surface area contributed by atoms with Crippen molar-refractivity contribution in [2.75, 3.05) is 19.6 Å². The summed E-state index contributed by atoms with van der Waals surface area (Å²) in [5, 5.41) is 4.26. The summed E-state index contributed by atoms with van der Waals surface area (Å²) in [7, 11) is 3.12. The molecule has 3 aromatic rings. The Morgan fingerprint density at radius 2 is 1.62 bits per heavy atom. The molecular formula is C20H19N3O3. The standard InChI is InChI=1S/C20H19N3O3/c1-24-17-12-19(25-2)22-20(13-17)26-18-11-7-6-8-15(18)14-21-23-16-9-4-3-5-10-16/h3-14,23H,1-2H3/b21-14+. The van der Waals surface area contributed by atoms with Crippen molar-refractivity contribution < 1.29 is 14.2 Å². The first-order valence-electron chi connectivity index (χ1n) is 7.99. The highest BCUT2D eigenvalue weighted by atomic mass is 16.5. The summed E-state index contributed by atoms with van der Waals surface area (Å²) >= 11 is 0. The molecule has 0 bridgehead atoms. The molecule has 26 heavy (non-hydrogen) atoms. The van der Waals surface area contributed by atoms with Gasteiger partial charge in [0.05, 0.1) is 26.1 Å². The number of pyridine rings is 1. The van der Waals surface area contributed by atoms with Crippen LogP contribution in [0.25, 0.3) is 0 Å². The number of rotatable bonds is 7. The molecule has 0 fully saturated rings. The second-order valence-electron chi connectivity index (χ2n) is 5.26. The van der Waals surface area contributed by atoms with Crippen LogP contribution in [-0.2, 0) is 0 Å². The van der Waals surface area contributed by atoms with E-state index in [2.05, 4.69) is 15.5 Å². The van der Waals surface area contributed by atoms with Gasteiger partial charge in [-0.25, -0.2) is 0 Å². The molecule has 6 heteroatoms. The van der Waals surface area contributed by atoms with Crippen molar-refractivity contribution in [3.05, 3.63) is 72.3 Å². The number of hydrazone groups is 1. The highest BCUT2D eigenvalue weighted by Gasteiger charge is 2.08. The van der Waals surface area contributed by atoms with Gasteiger partial charge in [0.2, 0.25) is 11.8 Å². The molecule has 0 saturated carbocycles. The van der Waals surface area contributed by atoms with Crippen LogP contribution in [0.5, 0.6) is 23.3 Å². The van der Waals surface area contributed by atoms with Crippen molar-refractivity contribution in [3.8, 4) is 23.3 Å². The molecule has 0 atom stereocenters. The van der Waals surface area contributed by atoms with E-state index < -0.39 is 0 Å². The number of methoxy groups -OCH3 is 2.